The van der Waals surface area contributed by atoms with Gasteiger partial charge in [-0.3, -0.25) is 9.67 Å². The largest absolute Gasteiger partial charge is 0.357 e. The Kier molecular flexibility index (Phi) is 7.32. The first-order valence-electron chi connectivity index (χ1n) is 8.68. The van der Waals surface area contributed by atoms with E-state index in [4.69, 9.17) is 0 Å². The molecule has 2 aromatic heterocycles. The molecule has 0 spiro atoms. The van der Waals surface area contributed by atoms with E-state index in [0.717, 1.165) is 57.2 Å². The predicted octanol–water partition coefficient (Wildman–Crippen LogP) is 1.73. The molecule has 0 radical (unpaired) electrons. The molecule has 0 fully saturated rings. The van der Waals surface area contributed by atoms with E-state index in [1.807, 2.05) is 19.4 Å². The summed E-state index contributed by atoms with van der Waals surface area (Å²) >= 11 is 0. The maximum atomic E-state index is 4.62. The van der Waals surface area contributed by atoms with Gasteiger partial charge >= 0.3 is 0 Å². The summed E-state index contributed by atoms with van der Waals surface area (Å²) < 4.78 is 4.14. The normalized spacial score (nSPS) is 11.7. The summed E-state index contributed by atoms with van der Waals surface area (Å²) in [4.78, 5) is 8.66. The van der Waals surface area contributed by atoms with Crippen LogP contribution in [-0.2, 0) is 13.1 Å². The molecule has 0 atom stereocenters. The van der Waals surface area contributed by atoms with E-state index in [2.05, 4.69) is 54.9 Å². The van der Waals surface area contributed by atoms with Crippen molar-refractivity contribution in [1.82, 2.24) is 30.0 Å². The van der Waals surface area contributed by atoms with Crippen molar-refractivity contribution in [2.24, 2.45) is 4.99 Å². The van der Waals surface area contributed by atoms with Crippen LogP contribution in [0.5, 0.6) is 0 Å². The highest BCUT2D eigenvalue weighted by Crippen LogP contribution is 2.02. The van der Waals surface area contributed by atoms with Gasteiger partial charge in [-0.05, 0) is 39.7 Å². The molecule has 0 aliphatic rings. The lowest BCUT2D eigenvalue weighted by Gasteiger charge is -2.11. The molecular weight excluding hydrogens is 302 g/mol. The van der Waals surface area contributed by atoms with Crippen molar-refractivity contribution >= 4 is 5.96 Å². The van der Waals surface area contributed by atoms with Crippen LogP contribution < -0.4 is 10.6 Å². The van der Waals surface area contributed by atoms with Crippen LogP contribution in [0.4, 0.5) is 0 Å². The van der Waals surface area contributed by atoms with Gasteiger partial charge < -0.3 is 15.2 Å². The highest BCUT2D eigenvalue weighted by Gasteiger charge is 2.01. The lowest BCUT2D eigenvalue weighted by molar-refractivity contribution is 0.555. The molecule has 0 aliphatic heterocycles. The lowest BCUT2D eigenvalue weighted by atomic mass is 10.4. The minimum Gasteiger partial charge on any atom is -0.357 e. The second kappa shape index (κ2) is 9.75. The van der Waals surface area contributed by atoms with Crippen LogP contribution >= 0.6 is 0 Å². The van der Waals surface area contributed by atoms with Gasteiger partial charge in [0.05, 0.1) is 12.0 Å². The Morgan fingerprint density at radius 1 is 1.21 bits per heavy atom. The number of aryl methyl sites for hydroxylation is 4. The Morgan fingerprint density at radius 3 is 2.75 bits per heavy atom. The van der Waals surface area contributed by atoms with Crippen LogP contribution in [0.25, 0.3) is 0 Å². The molecule has 0 aromatic carbocycles. The number of hydrogen-bond donors (Lipinski definition) is 2. The van der Waals surface area contributed by atoms with Crippen LogP contribution in [0.1, 0.15) is 31.2 Å². The van der Waals surface area contributed by atoms with E-state index < -0.39 is 0 Å². The fourth-order valence-electron chi connectivity index (χ4n) is 2.54. The van der Waals surface area contributed by atoms with Gasteiger partial charge in [0.15, 0.2) is 5.96 Å². The molecular formula is C17H29N7. The minimum atomic E-state index is 0.797. The number of rotatable bonds is 9. The van der Waals surface area contributed by atoms with Crippen molar-refractivity contribution in [2.75, 3.05) is 19.6 Å². The standard InChI is InChI=1S/C17H29N7/c1-4-19-17(20-7-5-10-23-12-9-18-14-23)21-8-6-11-24-16(3)13-15(2)22-24/h9,12-14H,4-8,10-11H2,1-3H3,(H2,19,20,21). The van der Waals surface area contributed by atoms with E-state index in [0.29, 0.717) is 0 Å². The molecule has 0 amide bonds. The average molecular weight is 331 g/mol. The second-order valence-corrected chi connectivity index (χ2v) is 5.85. The molecule has 2 aromatic rings. The van der Waals surface area contributed by atoms with E-state index >= 15 is 0 Å². The van der Waals surface area contributed by atoms with Crippen LogP contribution in [0.15, 0.2) is 29.8 Å². The smallest absolute Gasteiger partial charge is 0.191 e. The summed E-state index contributed by atoms with van der Waals surface area (Å²) in [5.74, 6) is 0.886. The van der Waals surface area contributed by atoms with Crippen molar-refractivity contribution in [1.29, 1.82) is 0 Å². The summed E-state index contributed by atoms with van der Waals surface area (Å²) in [6.45, 7) is 10.6. The number of aromatic nitrogens is 4. The van der Waals surface area contributed by atoms with Gasteiger partial charge in [0.1, 0.15) is 0 Å². The molecule has 0 bridgehead atoms. The topological polar surface area (TPSA) is 72.1 Å². The molecule has 0 saturated carbocycles. The first kappa shape index (κ1) is 18.0. The SMILES string of the molecule is CCNC(=NCCCn1ccnc1)NCCCn1nc(C)cc1C. The summed E-state index contributed by atoms with van der Waals surface area (Å²) in [7, 11) is 0. The van der Waals surface area contributed by atoms with Gasteiger partial charge in [0.25, 0.3) is 0 Å². The number of aliphatic imine (C=N–C) groups is 1. The zero-order valence-corrected chi connectivity index (χ0v) is 15.0. The van der Waals surface area contributed by atoms with Crippen LogP contribution in [0.2, 0.25) is 0 Å². The first-order valence-corrected chi connectivity index (χ1v) is 8.68. The molecule has 2 rings (SSSR count). The van der Waals surface area contributed by atoms with Crippen molar-refractivity contribution in [2.45, 2.75) is 46.7 Å². The maximum absolute atomic E-state index is 4.62. The summed E-state index contributed by atoms with van der Waals surface area (Å²) in [5, 5.41) is 11.2. The second-order valence-electron chi connectivity index (χ2n) is 5.85. The average Bonchev–Trinajstić information content (AvgIpc) is 3.17. The third-order valence-electron chi connectivity index (χ3n) is 3.69. The van der Waals surface area contributed by atoms with Crippen LogP contribution in [0, 0.1) is 13.8 Å². The third kappa shape index (κ3) is 6.06. The van der Waals surface area contributed by atoms with Crippen molar-refractivity contribution < 1.29 is 0 Å². The number of guanidine groups is 1. The van der Waals surface area contributed by atoms with Crippen molar-refractivity contribution in [3.63, 3.8) is 0 Å². The Morgan fingerprint density at radius 2 is 2.08 bits per heavy atom. The highest BCUT2D eigenvalue weighted by atomic mass is 15.3. The molecule has 7 heteroatoms. The molecule has 0 saturated heterocycles. The zero-order chi connectivity index (χ0) is 17.2. The van der Waals surface area contributed by atoms with Gasteiger partial charge in [-0.1, -0.05) is 0 Å². The van der Waals surface area contributed by atoms with E-state index in [1.54, 1.807) is 6.20 Å². The van der Waals surface area contributed by atoms with Gasteiger partial charge in [0, 0.05) is 50.8 Å². The third-order valence-corrected chi connectivity index (χ3v) is 3.69. The molecule has 24 heavy (non-hydrogen) atoms. The van der Waals surface area contributed by atoms with E-state index in [1.165, 1.54) is 5.69 Å². The molecule has 7 nitrogen and oxygen atoms in total. The number of nitrogens with zero attached hydrogens (tertiary/aromatic N) is 5. The van der Waals surface area contributed by atoms with E-state index in [9.17, 15) is 0 Å². The zero-order valence-electron chi connectivity index (χ0n) is 15.0. The monoisotopic (exact) mass is 331 g/mol. The molecule has 0 unspecified atom stereocenters. The summed E-state index contributed by atoms with van der Waals surface area (Å²) in [5.41, 5.74) is 2.29. The summed E-state index contributed by atoms with van der Waals surface area (Å²) in [6, 6.07) is 2.11. The van der Waals surface area contributed by atoms with Crippen molar-refractivity contribution in [3.8, 4) is 0 Å². The van der Waals surface area contributed by atoms with Gasteiger partial charge in [-0.15, -0.1) is 0 Å². The Balaban J connectivity index is 1.67. The Hall–Kier alpha value is -2.31. The Bertz CT molecular complexity index is 613. The van der Waals surface area contributed by atoms with Crippen LogP contribution in [0.3, 0.4) is 0 Å². The number of hydrogen-bond acceptors (Lipinski definition) is 3. The molecule has 2 N–H and O–H groups in total. The highest BCUT2D eigenvalue weighted by molar-refractivity contribution is 5.79. The molecule has 2 heterocycles. The number of imidazole rings is 1. The minimum absolute atomic E-state index is 0.797. The van der Waals surface area contributed by atoms with Crippen LogP contribution in [-0.4, -0.2) is 44.9 Å². The van der Waals surface area contributed by atoms with Crippen molar-refractivity contribution in [3.05, 3.63) is 36.2 Å². The molecule has 132 valence electrons. The summed E-state index contributed by atoms with van der Waals surface area (Å²) in [6.07, 6.45) is 7.64. The van der Waals surface area contributed by atoms with E-state index in [-0.39, 0.29) is 0 Å². The lowest BCUT2D eigenvalue weighted by Crippen LogP contribution is -2.38. The fourth-order valence-corrected chi connectivity index (χ4v) is 2.54. The van der Waals surface area contributed by atoms with Gasteiger partial charge in [-0.25, -0.2) is 4.98 Å². The number of nitrogens with one attached hydrogen (secondary N) is 2. The van der Waals surface area contributed by atoms with Gasteiger partial charge in [-0.2, -0.15) is 5.10 Å². The molecule has 0 aliphatic carbocycles. The maximum Gasteiger partial charge on any atom is 0.191 e. The van der Waals surface area contributed by atoms with Gasteiger partial charge in [0.2, 0.25) is 0 Å². The first-order chi connectivity index (χ1) is 11.7. The Labute approximate surface area is 144 Å². The quantitative estimate of drug-likeness (QED) is 0.417. The fraction of sp³-hybridized carbons (Fsp3) is 0.588. The predicted molar refractivity (Wildman–Crippen MR) is 97.1 cm³/mol.